The fourth-order valence-electron chi connectivity index (χ4n) is 5.33. The molecule has 1 aromatic heterocycles. The highest BCUT2D eigenvalue weighted by Crippen LogP contribution is 2.16. The molecule has 1 heterocycles. The molecule has 0 atom stereocenters. The van der Waals surface area contributed by atoms with E-state index in [0.717, 1.165) is 25.8 Å². The first kappa shape index (κ1) is 30.7. The summed E-state index contributed by atoms with van der Waals surface area (Å²) in [6.07, 6.45) is 32.1. The molecule has 0 aliphatic heterocycles. The predicted molar refractivity (Wildman–Crippen MR) is 159 cm³/mol. The molecule has 2 aromatic rings. The fourth-order valence-corrected chi connectivity index (χ4v) is 5.33. The van der Waals surface area contributed by atoms with Crippen LogP contribution < -0.4 is 0 Å². The number of unbranched alkanes of at least 4 members (excludes halogenated alkanes) is 16. The van der Waals surface area contributed by atoms with Crippen LogP contribution in [0.3, 0.4) is 0 Å². The molecule has 0 bridgehead atoms. The van der Waals surface area contributed by atoms with Crippen LogP contribution in [0, 0.1) is 0 Å². The smallest absolute Gasteiger partial charge is 0.108 e. The summed E-state index contributed by atoms with van der Waals surface area (Å²) in [6, 6.07) is 10.9. The Kier molecular flexibility index (Phi) is 18.3. The average molecular weight is 495 g/mol. The molecule has 0 radical (unpaired) electrons. The van der Waals surface area contributed by atoms with E-state index < -0.39 is 0 Å². The standard InChI is InChI=1S/C34H58N2/c1-3-5-7-9-11-12-13-14-15-17-22-29-34-35-33(28-24-27-32-25-20-19-21-26-32)31-36(34)30-23-18-16-10-8-6-4-2/h19-21,25-26,31H,3-18,22-24,27-30H2,1-2H3. The zero-order chi connectivity index (χ0) is 25.5. The molecule has 0 amide bonds. The fraction of sp³-hybridized carbons (Fsp3) is 0.735. The highest BCUT2D eigenvalue weighted by atomic mass is 15.1. The van der Waals surface area contributed by atoms with Gasteiger partial charge in [0.1, 0.15) is 5.82 Å². The number of rotatable bonds is 24. The largest absolute Gasteiger partial charge is 0.335 e. The van der Waals surface area contributed by atoms with Crippen LogP contribution in [-0.2, 0) is 25.8 Å². The topological polar surface area (TPSA) is 17.8 Å². The lowest BCUT2D eigenvalue weighted by Crippen LogP contribution is -2.03. The molecule has 0 fully saturated rings. The summed E-state index contributed by atoms with van der Waals surface area (Å²) >= 11 is 0. The normalized spacial score (nSPS) is 11.4. The van der Waals surface area contributed by atoms with Gasteiger partial charge in [0.15, 0.2) is 0 Å². The summed E-state index contributed by atoms with van der Waals surface area (Å²) in [7, 11) is 0. The molecule has 0 spiro atoms. The van der Waals surface area contributed by atoms with E-state index in [1.54, 1.807) is 0 Å². The molecule has 36 heavy (non-hydrogen) atoms. The van der Waals surface area contributed by atoms with Gasteiger partial charge in [-0.05, 0) is 37.7 Å². The summed E-state index contributed by atoms with van der Waals surface area (Å²) < 4.78 is 2.51. The van der Waals surface area contributed by atoms with E-state index in [1.165, 1.54) is 139 Å². The summed E-state index contributed by atoms with van der Waals surface area (Å²) in [5, 5.41) is 0. The molecule has 0 aliphatic rings. The van der Waals surface area contributed by atoms with Crippen molar-refractivity contribution in [1.82, 2.24) is 9.55 Å². The van der Waals surface area contributed by atoms with Crippen molar-refractivity contribution in [3.05, 3.63) is 53.6 Å². The first-order valence-electron chi connectivity index (χ1n) is 15.9. The van der Waals surface area contributed by atoms with Gasteiger partial charge < -0.3 is 4.57 Å². The Bertz CT molecular complexity index is 733. The summed E-state index contributed by atoms with van der Waals surface area (Å²) in [6.45, 7) is 5.76. The monoisotopic (exact) mass is 494 g/mol. The van der Waals surface area contributed by atoms with E-state index in [0.29, 0.717) is 0 Å². The number of imidazole rings is 1. The van der Waals surface area contributed by atoms with Crippen molar-refractivity contribution in [2.75, 3.05) is 0 Å². The minimum atomic E-state index is 1.10. The van der Waals surface area contributed by atoms with Gasteiger partial charge in [0.25, 0.3) is 0 Å². The van der Waals surface area contributed by atoms with Gasteiger partial charge in [0.05, 0.1) is 5.69 Å². The van der Waals surface area contributed by atoms with Crippen LogP contribution in [0.4, 0.5) is 0 Å². The van der Waals surface area contributed by atoms with Crippen molar-refractivity contribution in [2.24, 2.45) is 0 Å². The molecule has 2 nitrogen and oxygen atoms in total. The maximum atomic E-state index is 5.13. The van der Waals surface area contributed by atoms with Crippen molar-refractivity contribution < 1.29 is 0 Å². The van der Waals surface area contributed by atoms with Crippen molar-refractivity contribution in [2.45, 2.75) is 162 Å². The number of hydrogen-bond donors (Lipinski definition) is 0. The van der Waals surface area contributed by atoms with Crippen LogP contribution >= 0.6 is 0 Å². The second kappa shape index (κ2) is 21.5. The SMILES string of the molecule is CCCCCCCCCCCCCc1nc(CCCc2ccccc2)cn1CCCCCCCCC. The number of benzene rings is 1. The lowest BCUT2D eigenvalue weighted by molar-refractivity contribution is 0.527. The zero-order valence-electron chi connectivity index (χ0n) is 24.1. The number of hydrogen-bond acceptors (Lipinski definition) is 1. The highest BCUT2D eigenvalue weighted by molar-refractivity contribution is 5.15. The van der Waals surface area contributed by atoms with Gasteiger partial charge in [-0.1, -0.05) is 147 Å². The van der Waals surface area contributed by atoms with Gasteiger partial charge in [0.2, 0.25) is 0 Å². The van der Waals surface area contributed by atoms with Crippen LogP contribution in [0.1, 0.15) is 153 Å². The molecule has 2 rings (SSSR count). The van der Waals surface area contributed by atoms with Gasteiger partial charge in [-0.25, -0.2) is 4.98 Å². The molecule has 0 saturated carbocycles. The maximum absolute atomic E-state index is 5.13. The summed E-state index contributed by atoms with van der Waals surface area (Å²) in [5.74, 6) is 1.35. The number of nitrogens with zero attached hydrogens (tertiary/aromatic N) is 2. The third kappa shape index (κ3) is 14.9. The molecule has 0 saturated heterocycles. The molecular weight excluding hydrogens is 436 g/mol. The maximum Gasteiger partial charge on any atom is 0.108 e. The summed E-state index contributed by atoms with van der Waals surface area (Å²) in [4.78, 5) is 5.13. The van der Waals surface area contributed by atoms with Crippen LogP contribution in [0.5, 0.6) is 0 Å². The van der Waals surface area contributed by atoms with Crippen LogP contribution in [0.2, 0.25) is 0 Å². The van der Waals surface area contributed by atoms with Crippen LogP contribution in [-0.4, -0.2) is 9.55 Å². The van der Waals surface area contributed by atoms with Gasteiger partial charge in [-0.2, -0.15) is 0 Å². The minimum Gasteiger partial charge on any atom is -0.335 e. The van der Waals surface area contributed by atoms with Crippen molar-refractivity contribution in [1.29, 1.82) is 0 Å². The third-order valence-corrected chi connectivity index (χ3v) is 7.66. The lowest BCUT2D eigenvalue weighted by atomic mass is 10.1. The van der Waals surface area contributed by atoms with Crippen LogP contribution in [0.25, 0.3) is 0 Å². The van der Waals surface area contributed by atoms with Crippen molar-refractivity contribution >= 4 is 0 Å². The Morgan fingerprint density at radius 3 is 1.64 bits per heavy atom. The Morgan fingerprint density at radius 2 is 1.06 bits per heavy atom. The lowest BCUT2D eigenvalue weighted by Gasteiger charge is -2.08. The molecule has 0 N–H and O–H groups in total. The first-order chi connectivity index (χ1) is 17.8. The second-order valence-corrected chi connectivity index (χ2v) is 11.1. The molecule has 0 aliphatic carbocycles. The van der Waals surface area contributed by atoms with Crippen molar-refractivity contribution in [3.8, 4) is 0 Å². The minimum absolute atomic E-state index is 1.10. The Morgan fingerprint density at radius 1 is 0.528 bits per heavy atom. The van der Waals surface area contributed by atoms with E-state index in [2.05, 4.69) is 54.9 Å². The predicted octanol–water partition coefficient (Wildman–Crippen LogP) is 10.7. The summed E-state index contributed by atoms with van der Waals surface area (Å²) in [5.41, 5.74) is 2.76. The quantitative estimate of drug-likeness (QED) is 0.133. The van der Waals surface area contributed by atoms with Gasteiger partial charge in [-0.3, -0.25) is 0 Å². The van der Waals surface area contributed by atoms with Gasteiger partial charge in [0, 0.05) is 19.2 Å². The van der Waals surface area contributed by atoms with Gasteiger partial charge >= 0.3 is 0 Å². The third-order valence-electron chi connectivity index (χ3n) is 7.66. The zero-order valence-corrected chi connectivity index (χ0v) is 24.1. The Labute approximate surface area is 224 Å². The first-order valence-corrected chi connectivity index (χ1v) is 15.9. The molecule has 204 valence electrons. The second-order valence-electron chi connectivity index (χ2n) is 11.1. The Balaban J connectivity index is 1.69. The number of aryl methyl sites for hydroxylation is 4. The highest BCUT2D eigenvalue weighted by Gasteiger charge is 2.08. The van der Waals surface area contributed by atoms with Crippen LogP contribution in [0.15, 0.2) is 36.5 Å². The van der Waals surface area contributed by atoms with Gasteiger partial charge in [-0.15, -0.1) is 0 Å². The van der Waals surface area contributed by atoms with E-state index in [-0.39, 0.29) is 0 Å². The molecule has 1 aromatic carbocycles. The molecule has 2 heteroatoms. The van der Waals surface area contributed by atoms with E-state index in [9.17, 15) is 0 Å². The Hall–Kier alpha value is -1.57. The molecule has 0 unspecified atom stereocenters. The molecular formula is C34H58N2. The average Bonchev–Trinajstić information content (AvgIpc) is 3.28. The van der Waals surface area contributed by atoms with E-state index >= 15 is 0 Å². The van der Waals surface area contributed by atoms with E-state index in [1.807, 2.05) is 0 Å². The van der Waals surface area contributed by atoms with E-state index in [4.69, 9.17) is 4.98 Å². The van der Waals surface area contributed by atoms with Crippen molar-refractivity contribution in [3.63, 3.8) is 0 Å². The number of aromatic nitrogens is 2.